The van der Waals surface area contributed by atoms with E-state index in [4.69, 9.17) is 0 Å². The summed E-state index contributed by atoms with van der Waals surface area (Å²) in [6.45, 7) is 0. The van der Waals surface area contributed by atoms with Gasteiger partial charge in [-0.25, -0.2) is 4.98 Å². The first-order chi connectivity index (χ1) is 11.3. The van der Waals surface area contributed by atoms with Crippen molar-refractivity contribution in [3.63, 3.8) is 0 Å². The summed E-state index contributed by atoms with van der Waals surface area (Å²) in [5.74, 6) is 1.65. The van der Waals surface area contributed by atoms with Gasteiger partial charge in [0.2, 0.25) is 0 Å². The van der Waals surface area contributed by atoms with Gasteiger partial charge >= 0.3 is 0 Å². The van der Waals surface area contributed by atoms with Gasteiger partial charge in [-0.1, -0.05) is 24.6 Å². The zero-order valence-corrected chi connectivity index (χ0v) is 13.9. The molecule has 1 saturated carbocycles. The van der Waals surface area contributed by atoms with Crippen LogP contribution in [0.2, 0.25) is 0 Å². The van der Waals surface area contributed by atoms with Crippen LogP contribution in [0, 0.1) is 11.8 Å². The van der Waals surface area contributed by atoms with E-state index in [9.17, 15) is 5.11 Å². The lowest BCUT2D eigenvalue weighted by Crippen LogP contribution is -2.09. The number of nitrogens with zero attached hydrogens (tertiary/aromatic N) is 1. The Morgan fingerprint density at radius 2 is 2.22 bits per heavy atom. The average molecular weight is 324 g/mol. The summed E-state index contributed by atoms with van der Waals surface area (Å²) in [6, 6.07) is 5.59. The highest BCUT2D eigenvalue weighted by atomic mass is 32.1. The molecule has 2 aliphatic rings. The maximum atomic E-state index is 9.80. The molecule has 4 rings (SSSR count). The quantitative estimate of drug-likeness (QED) is 0.787. The SMILES string of the molecule is CNc1cc(-c2ncc(C3=CC=CC4CCCC34)s2)ccc1O. The summed E-state index contributed by atoms with van der Waals surface area (Å²) < 4.78 is 0. The molecule has 1 aromatic heterocycles. The minimum atomic E-state index is 0.266. The van der Waals surface area contributed by atoms with Gasteiger partial charge in [0.25, 0.3) is 0 Å². The number of allylic oxidation sites excluding steroid dienone is 4. The van der Waals surface area contributed by atoms with E-state index in [0.717, 1.165) is 16.3 Å². The molecule has 2 N–H and O–H groups in total. The van der Waals surface area contributed by atoms with Crippen LogP contribution < -0.4 is 5.32 Å². The molecule has 1 aromatic carbocycles. The highest BCUT2D eigenvalue weighted by Gasteiger charge is 2.31. The zero-order valence-electron chi connectivity index (χ0n) is 13.1. The van der Waals surface area contributed by atoms with Crippen molar-refractivity contribution < 1.29 is 5.11 Å². The minimum Gasteiger partial charge on any atom is -0.506 e. The normalized spacial score (nSPS) is 22.7. The summed E-state index contributed by atoms with van der Waals surface area (Å²) in [5.41, 5.74) is 3.22. The molecular weight excluding hydrogens is 304 g/mol. The number of nitrogens with one attached hydrogen (secondary N) is 1. The maximum absolute atomic E-state index is 9.80. The number of thiazole rings is 1. The predicted molar refractivity (Wildman–Crippen MR) is 96.7 cm³/mol. The Kier molecular flexibility index (Phi) is 3.69. The molecule has 2 unspecified atom stereocenters. The Morgan fingerprint density at radius 3 is 3.09 bits per heavy atom. The van der Waals surface area contributed by atoms with Gasteiger partial charge in [-0.15, -0.1) is 11.3 Å². The lowest BCUT2D eigenvalue weighted by atomic mass is 9.84. The van der Waals surface area contributed by atoms with Gasteiger partial charge in [0.1, 0.15) is 10.8 Å². The van der Waals surface area contributed by atoms with E-state index in [1.165, 1.54) is 29.7 Å². The van der Waals surface area contributed by atoms with Crippen LogP contribution >= 0.6 is 11.3 Å². The van der Waals surface area contributed by atoms with Gasteiger partial charge in [-0.3, -0.25) is 0 Å². The van der Waals surface area contributed by atoms with Gasteiger partial charge in [0.15, 0.2) is 0 Å². The van der Waals surface area contributed by atoms with E-state index in [-0.39, 0.29) is 5.75 Å². The molecule has 0 aliphatic heterocycles. The van der Waals surface area contributed by atoms with Gasteiger partial charge in [0, 0.05) is 18.8 Å². The first-order valence-corrected chi connectivity index (χ1v) is 8.93. The van der Waals surface area contributed by atoms with E-state index in [0.29, 0.717) is 11.8 Å². The topological polar surface area (TPSA) is 45.2 Å². The molecule has 1 heterocycles. The van der Waals surface area contributed by atoms with Crippen molar-refractivity contribution in [3.8, 4) is 16.3 Å². The summed E-state index contributed by atoms with van der Waals surface area (Å²) >= 11 is 1.74. The number of phenols is 1. The summed E-state index contributed by atoms with van der Waals surface area (Å²) in [7, 11) is 1.81. The maximum Gasteiger partial charge on any atom is 0.138 e. The Morgan fingerprint density at radius 1 is 1.30 bits per heavy atom. The van der Waals surface area contributed by atoms with Crippen molar-refractivity contribution in [1.82, 2.24) is 4.98 Å². The van der Waals surface area contributed by atoms with Crippen LogP contribution in [0.1, 0.15) is 24.1 Å². The Labute approximate surface area is 140 Å². The second-order valence-corrected chi connectivity index (χ2v) is 7.25. The van der Waals surface area contributed by atoms with E-state index in [1.807, 2.05) is 25.4 Å². The molecule has 4 heteroatoms. The number of fused-ring (bicyclic) bond motifs is 1. The third-order valence-electron chi connectivity index (χ3n) is 4.91. The van der Waals surface area contributed by atoms with E-state index >= 15 is 0 Å². The average Bonchev–Trinajstić information content (AvgIpc) is 3.24. The second-order valence-electron chi connectivity index (χ2n) is 6.22. The molecule has 0 spiro atoms. The number of anilines is 1. The van der Waals surface area contributed by atoms with Crippen molar-refractivity contribution in [2.75, 3.05) is 12.4 Å². The summed E-state index contributed by atoms with van der Waals surface area (Å²) in [5, 5.41) is 13.8. The van der Waals surface area contributed by atoms with Crippen LogP contribution in [-0.2, 0) is 0 Å². The molecule has 3 nitrogen and oxygen atoms in total. The second kappa shape index (κ2) is 5.85. The predicted octanol–water partition coefficient (Wildman–Crippen LogP) is 4.93. The standard InChI is InChI=1S/C19H20N2OS/c1-20-16-10-13(8-9-17(16)22)19-21-11-18(23-19)15-7-3-5-12-4-2-6-14(12)15/h3,5,7-12,14,20,22H,2,4,6H2,1H3. The molecule has 2 aliphatic carbocycles. The van der Waals surface area contributed by atoms with Crippen molar-refractivity contribution in [3.05, 3.63) is 47.5 Å². The fourth-order valence-electron chi connectivity index (χ4n) is 3.71. The third-order valence-corrected chi connectivity index (χ3v) is 6.00. The van der Waals surface area contributed by atoms with Crippen molar-refractivity contribution >= 4 is 22.6 Å². The van der Waals surface area contributed by atoms with Crippen LogP contribution in [0.4, 0.5) is 5.69 Å². The molecule has 0 amide bonds. The largest absolute Gasteiger partial charge is 0.506 e. The highest BCUT2D eigenvalue weighted by molar-refractivity contribution is 7.16. The molecule has 2 aromatic rings. The molecular formula is C19H20N2OS. The number of aromatic hydroxyl groups is 1. The van der Waals surface area contributed by atoms with E-state index in [2.05, 4.69) is 28.5 Å². The highest BCUT2D eigenvalue weighted by Crippen LogP contribution is 2.46. The van der Waals surface area contributed by atoms with Crippen LogP contribution in [0.25, 0.3) is 16.1 Å². The van der Waals surface area contributed by atoms with Crippen molar-refractivity contribution in [2.24, 2.45) is 11.8 Å². The van der Waals surface area contributed by atoms with Crippen molar-refractivity contribution in [2.45, 2.75) is 19.3 Å². The first kappa shape index (κ1) is 14.5. The smallest absolute Gasteiger partial charge is 0.138 e. The number of benzene rings is 1. The summed E-state index contributed by atoms with van der Waals surface area (Å²) in [4.78, 5) is 5.90. The molecule has 0 bridgehead atoms. The van der Waals surface area contributed by atoms with Crippen LogP contribution in [0.5, 0.6) is 5.75 Å². The van der Waals surface area contributed by atoms with Crippen LogP contribution in [0.15, 0.2) is 42.6 Å². The number of aromatic nitrogens is 1. The van der Waals surface area contributed by atoms with Crippen molar-refractivity contribution in [1.29, 1.82) is 0 Å². The van der Waals surface area contributed by atoms with Gasteiger partial charge in [-0.2, -0.15) is 0 Å². The lowest BCUT2D eigenvalue weighted by molar-refractivity contribution is 0.477. The fourth-order valence-corrected chi connectivity index (χ4v) is 4.71. The minimum absolute atomic E-state index is 0.266. The van der Waals surface area contributed by atoms with Gasteiger partial charge < -0.3 is 10.4 Å². The Balaban J connectivity index is 1.67. The van der Waals surface area contributed by atoms with Gasteiger partial charge in [-0.05, 0) is 48.4 Å². The molecule has 0 saturated heterocycles. The number of hydrogen-bond donors (Lipinski definition) is 2. The number of phenolic OH excluding ortho intramolecular Hbond substituents is 1. The van der Waals surface area contributed by atoms with Crippen LogP contribution in [-0.4, -0.2) is 17.1 Å². The molecule has 1 fully saturated rings. The fraction of sp³-hybridized carbons (Fsp3) is 0.316. The molecule has 2 atom stereocenters. The number of hydrogen-bond acceptors (Lipinski definition) is 4. The summed E-state index contributed by atoms with van der Waals surface area (Å²) in [6.07, 6.45) is 12.8. The van der Waals surface area contributed by atoms with E-state index in [1.54, 1.807) is 17.4 Å². The monoisotopic (exact) mass is 324 g/mol. The molecule has 0 radical (unpaired) electrons. The first-order valence-electron chi connectivity index (χ1n) is 8.12. The Hall–Kier alpha value is -2.07. The number of rotatable bonds is 3. The van der Waals surface area contributed by atoms with Gasteiger partial charge in [0.05, 0.1) is 10.6 Å². The Bertz CT molecular complexity index is 790. The zero-order chi connectivity index (χ0) is 15.8. The molecule has 23 heavy (non-hydrogen) atoms. The van der Waals surface area contributed by atoms with Crippen LogP contribution in [0.3, 0.4) is 0 Å². The molecule has 118 valence electrons. The third kappa shape index (κ3) is 2.57. The van der Waals surface area contributed by atoms with E-state index < -0.39 is 0 Å². The lowest BCUT2D eigenvalue weighted by Gasteiger charge is -2.21.